The van der Waals surface area contributed by atoms with Crippen molar-refractivity contribution in [2.75, 3.05) is 24.6 Å². The number of nitrogens with zero attached hydrogens (tertiary/aromatic N) is 1. The van der Waals surface area contributed by atoms with E-state index in [1.165, 1.54) is 5.69 Å². The quantitative estimate of drug-likeness (QED) is 0.919. The molecule has 1 aromatic rings. The Kier molecular flexibility index (Phi) is 5.08. The maximum atomic E-state index is 6.37. The van der Waals surface area contributed by atoms with Crippen LogP contribution >= 0.6 is 11.6 Å². The van der Waals surface area contributed by atoms with Crippen LogP contribution in [0.15, 0.2) is 18.2 Å². The average Bonchev–Trinajstić information content (AvgIpc) is 2.40. The van der Waals surface area contributed by atoms with E-state index in [0.29, 0.717) is 6.04 Å². The molecule has 1 aliphatic heterocycles. The number of ether oxygens (including phenoxy) is 1. The van der Waals surface area contributed by atoms with Crippen LogP contribution in [0.3, 0.4) is 0 Å². The van der Waals surface area contributed by atoms with Gasteiger partial charge in [-0.3, -0.25) is 0 Å². The maximum absolute atomic E-state index is 6.37. The van der Waals surface area contributed by atoms with E-state index in [4.69, 9.17) is 16.3 Å². The minimum absolute atomic E-state index is 0.274. The molecule has 3 nitrogen and oxygen atoms in total. The van der Waals surface area contributed by atoms with Gasteiger partial charge in [-0.2, -0.15) is 0 Å². The second-order valence-corrected chi connectivity index (χ2v) is 5.61. The average molecular weight is 283 g/mol. The fourth-order valence-corrected chi connectivity index (χ4v) is 2.62. The molecule has 1 N–H and O–H groups in total. The lowest BCUT2D eigenvalue weighted by atomic mass is 10.1. The lowest BCUT2D eigenvalue weighted by Gasteiger charge is -2.38. The van der Waals surface area contributed by atoms with E-state index >= 15 is 0 Å². The molecule has 1 heterocycles. The van der Waals surface area contributed by atoms with Gasteiger partial charge in [0.25, 0.3) is 0 Å². The Hall–Kier alpha value is -0.770. The lowest BCUT2D eigenvalue weighted by Crippen LogP contribution is -2.47. The molecule has 1 aromatic carbocycles. The molecule has 2 rings (SSSR count). The fraction of sp³-hybridized carbons (Fsp3) is 0.600. The molecular weight excluding hydrogens is 260 g/mol. The van der Waals surface area contributed by atoms with Crippen LogP contribution in [0, 0.1) is 0 Å². The third kappa shape index (κ3) is 3.62. The van der Waals surface area contributed by atoms with Crippen molar-refractivity contribution in [3.05, 3.63) is 28.8 Å². The number of nitrogens with one attached hydrogen (secondary N) is 1. The van der Waals surface area contributed by atoms with E-state index in [2.05, 4.69) is 49.2 Å². The number of rotatable bonds is 4. The van der Waals surface area contributed by atoms with Crippen molar-refractivity contribution in [2.24, 2.45) is 0 Å². The fourth-order valence-electron chi connectivity index (χ4n) is 2.38. The molecule has 2 atom stereocenters. The van der Waals surface area contributed by atoms with Crippen molar-refractivity contribution in [2.45, 2.75) is 39.5 Å². The van der Waals surface area contributed by atoms with Gasteiger partial charge in [-0.05, 0) is 38.1 Å². The van der Waals surface area contributed by atoms with Crippen molar-refractivity contribution < 1.29 is 4.74 Å². The Labute approximate surface area is 120 Å². The molecule has 1 saturated heterocycles. The van der Waals surface area contributed by atoms with Crippen LogP contribution in [0.5, 0.6) is 0 Å². The topological polar surface area (TPSA) is 24.5 Å². The Bertz CT molecular complexity index is 425. The molecule has 0 spiro atoms. The summed E-state index contributed by atoms with van der Waals surface area (Å²) in [5, 5.41) is 4.14. The summed E-state index contributed by atoms with van der Waals surface area (Å²) in [4.78, 5) is 2.37. The molecule has 0 aromatic heterocycles. The highest BCUT2D eigenvalue weighted by atomic mass is 35.5. The zero-order valence-corrected chi connectivity index (χ0v) is 12.7. The van der Waals surface area contributed by atoms with Crippen LogP contribution in [0.2, 0.25) is 5.02 Å². The Morgan fingerprint density at radius 2 is 2.21 bits per heavy atom. The summed E-state index contributed by atoms with van der Waals surface area (Å²) in [6.07, 6.45) is 0.274. The predicted molar refractivity (Wildman–Crippen MR) is 81.1 cm³/mol. The number of halogens is 1. The minimum Gasteiger partial charge on any atom is -0.375 e. The number of morpholine rings is 1. The normalized spacial score (nSPS) is 23.7. The zero-order valence-electron chi connectivity index (χ0n) is 11.9. The van der Waals surface area contributed by atoms with Gasteiger partial charge in [-0.25, -0.2) is 0 Å². The van der Waals surface area contributed by atoms with Gasteiger partial charge in [0.1, 0.15) is 0 Å². The van der Waals surface area contributed by atoms with Gasteiger partial charge in [-0.1, -0.05) is 24.6 Å². The highest BCUT2D eigenvalue weighted by Gasteiger charge is 2.23. The van der Waals surface area contributed by atoms with E-state index in [-0.39, 0.29) is 6.10 Å². The van der Waals surface area contributed by atoms with Crippen molar-refractivity contribution in [3.8, 4) is 0 Å². The molecule has 4 heteroatoms. The summed E-state index contributed by atoms with van der Waals surface area (Å²) in [6.45, 7) is 9.87. The van der Waals surface area contributed by atoms with Crippen LogP contribution in [0.25, 0.3) is 0 Å². The number of hydrogen-bond donors (Lipinski definition) is 1. The first kappa shape index (κ1) is 14.6. The third-order valence-corrected chi connectivity index (χ3v) is 3.89. The summed E-state index contributed by atoms with van der Waals surface area (Å²) in [5.41, 5.74) is 2.34. The highest BCUT2D eigenvalue weighted by Crippen LogP contribution is 2.27. The third-order valence-electron chi connectivity index (χ3n) is 3.54. The Morgan fingerprint density at radius 3 is 2.89 bits per heavy atom. The van der Waals surface area contributed by atoms with Crippen molar-refractivity contribution in [1.82, 2.24) is 5.32 Å². The number of anilines is 1. The second kappa shape index (κ2) is 6.60. The SMILES string of the molecule is CCNCc1ccc(N2CC(C)OCC2C)cc1Cl. The van der Waals surface area contributed by atoms with Crippen LogP contribution < -0.4 is 10.2 Å². The minimum atomic E-state index is 0.274. The summed E-state index contributed by atoms with van der Waals surface area (Å²) in [6, 6.07) is 6.75. The molecule has 0 aliphatic carbocycles. The van der Waals surface area contributed by atoms with Crippen molar-refractivity contribution in [3.63, 3.8) is 0 Å². The smallest absolute Gasteiger partial charge is 0.0723 e. The van der Waals surface area contributed by atoms with Crippen molar-refractivity contribution in [1.29, 1.82) is 0 Å². The van der Waals surface area contributed by atoms with Crippen molar-refractivity contribution >= 4 is 17.3 Å². The second-order valence-electron chi connectivity index (χ2n) is 5.20. The first-order valence-electron chi connectivity index (χ1n) is 6.99. The molecule has 2 unspecified atom stereocenters. The van der Waals surface area contributed by atoms with Gasteiger partial charge in [0, 0.05) is 29.8 Å². The molecule has 19 heavy (non-hydrogen) atoms. The van der Waals surface area contributed by atoms with Gasteiger partial charge in [0.05, 0.1) is 12.7 Å². The van der Waals surface area contributed by atoms with E-state index in [1.54, 1.807) is 0 Å². The van der Waals surface area contributed by atoms with Gasteiger partial charge in [0.15, 0.2) is 0 Å². The lowest BCUT2D eigenvalue weighted by molar-refractivity contribution is 0.0344. The number of benzene rings is 1. The van der Waals surface area contributed by atoms with Crippen LogP contribution in [0.1, 0.15) is 26.3 Å². The van der Waals surface area contributed by atoms with Crippen LogP contribution in [0.4, 0.5) is 5.69 Å². The Morgan fingerprint density at radius 1 is 1.42 bits per heavy atom. The highest BCUT2D eigenvalue weighted by molar-refractivity contribution is 6.31. The summed E-state index contributed by atoms with van der Waals surface area (Å²) < 4.78 is 5.66. The van der Waals surface area contributed by atoms with Crippen LogP contribution in [-0.2, 0) is 11.3 Å². The monoisotopic (exact) mass is 282 g/mol. The summed E-state index contributed by atoms with van der Waals surface area (Å²) in [5.74, 6) is 0. The van der Waals surface area contributed by atoms with E-state index < -0.39 is 0 Å². The predicted octanol–water partition coefficient (Wildman–Crippen LogP) is 3.06. The van der Waals surface area contributed by atoms with Gasteiger partial charge in [0.2, 0.25) is 0 Å². The molecule has 1 fully saturated rings. The molecule has 106 valence electrons. The first-order chi connectivity index (χ1) is 9.11. The standard InChI is InChI=1S/C15H23ClN2O/c1-4-17-8-13-5-6-14(7-15(13)16)18-9-12(3)19-10-11(18)2/h5-7,11-12,17H,4,8-10H2,1-3H3. The molecule has 0 radical (unpaired) electrons. The molecule has 0 saturated carbocycles. The molecule has 1 aliphatic rings. The number of hydrogen-bond acceptors (Lipinski definition) is 3. The van der Waals surface area contributed by atoms with E-state index in [1.807, 2.05) is 0 Å². The largest absolute Gasteiger partial charge is 0.375 e. The van der Waals surface area contributed by atoms with Gasteiger partial charge < -0.3 is 15.0 Å². The molecule has 0 bridgehead atoms. The molecular formula is C15H23ClN2O. The van der Waals surface area contributed by atoms with Gasteiger partial charge in [-0.15, -0.1) is 0 Å². The summed E-state index contributed by atoms with van der Waals surface area (Å²) >= 11 is 6.37. The van der Waals surface area contributed by atoms with Gasteiger partial charge >= 0.3 is 0 Å². The van der Waals surface area contributed by atoms with Crippen LogP contribution in [-0.4, -0.2) is 31.8 Å². The summed E-state index contributed by atoms with van der Waals surface area (Å²) in [7, 11) is 0. The van der Waals surface area contributed by atoms with E-state index in [9.17, 15) is 0 Å². The maximum Gasteiger partial charge on any atom is 0.0723 e. The zero-order chi connectivity index (χ0) is 13.8. The Balaban J connectivity index is 2.14. The molecule has 0 amide bonds. The van der Waals surface area contributed by atoms with E-state index in [0.717, 1.165) is 36.8 Å². The first-order valence-corrected chi connectivity index (χ1v) is 7.37.